The van der Waals surface area contributed by atoms with E-state index in [-0.39, 0.29) is 19.2 Å². The molecule has 0 fully saturated rings. The number of rotatable bonds is 9. The summed E-state index contributed by atoms with van der Waals surface area (Å²) in [6, 6.07) is 4.21. The minimum Gasteiger partial charge on any atom is -0.490 e. The van der Waals surface area contributed by atoms with Crippen LogP contribution in [0.3, 0.4) is 0 Å². The SMILES string of the molecule is C#CCOc1ccc([C@@H]2NC(=O)NC(CCC)=C2C(=O)OCC)cc1OCC. The highest BCUT2D eigenvalue weighted by molar-refractivity contribution is 5.95. The number of esters is 1. The third-order valence-corrected chi connectivity index (χ3v) is 4.06. The van der Waals surface area contributed by atoms with Crippen molar-refractivity contribution in [1.29, 1.82) is 0 Å². The second-order valence-electron chi connectivity index (χ2n) is 6.03. The van der Waals surface area contributed by atoms with E-state index in [1.807, 2.05) is 13.8 Å². The summed E-state index contributed by atoms with van der Waals surface area (Å²) in [5.74, 6) is 2.94. The third-order valence-electron chi connectivity index (χ3n) is 4.06. The first-order chi connectivity index (χ1) is 13.5. The van der Waals surface area contributed by atoms with Crippen molar-refractivity contribution in [3.8, 4) is 23.8 Å². The highest BCUT2D eigenvalue weighted by Gasteiger charge is 2.33. The quantitative estimate of drug-likeness (QED) is 0.503. The van der Waals surface area contributed by atoms with Crippen molar-refractivity contribution in [2.75, 3.05) is 19.8 Å². The Labute approximate surface area is 165 Å². The molecule has 2 N–H and O–H groups in total. The van der Waals surface area contributed by atoms with Gasteiger partial charge in [0.05, 0.1) is 24.8 Å². The van der Waals surface area contributed by atoms with Gasteiger partial charge in [-0.15, -0.1) is 6.42 Å². The van der Waals surface area contributed by atoms with Gasteiger partial charge in [0.25, 0.3) is 0 Å². The number of amides is 2. The first kappa shape index (κ1) is 21.2. The molecule has 1 aromatic carbocycles. The van der Waals surface area contributed by atoms with Crippen LogP contribution in [0.25, 0.3) is 0 Å². The number of allylic oxidation sites excluding steroid dienone is 1. The lowest BCUT2D eigenvalue weighted by atomic mass is 9.93. The molecule has 0 unspecified atom stereocenters. The molecule has 0 aromatic heterocycles. The summed E-state index contributed by atoms with van der Waals surface area (Å²) in [6.45, 7) is 6.35. The zero-order valence-electron chi connectivity index (χ0n) is 16.5. The largest absolute Gasteiger partial charge is 0.490 e. The van der Waals surface area contributed by atoms with Crippen LogP contribution in [0.5, 0.6) is 11.5 Å². The number of nitrogens with one attached hydrogen (secondary N) is 2. The van der Waals surface area contributed by atoms with Crippen molar-refractivity contribution < 1.29 is 23.8 Å². The number of terminal acetylenes is 1. The predicted octanol–water partition coefficient (Wildman–Crippen LogP) is 3.07. The summed E-state index contributed by atoms with van der Waals surface area (Å²) in [6.07, 6.45) is 6.59. The van der Waals surface area contributed by atoms with Gasteiger partial charge in [0.15, 0.2) is 11.5 Å². The number of hydrogen-bond donors (Lipinski definition) is 2. The number of benzene rings is 1. The molecule has 28 heavy (non-hydrogen) atoms. The lowest BCUT2D eigenvalue weighted by molar-refractivity contribution is -0.139. The molecule has 1 aromatic rings. The Hall–Kier alpha value is -3.14. The third kappa shape index (κ3) is 4.97. The van der Waals surface area contributed by atoms with Gasteiger partial charge in [-0.1, -0.05) is 25.3 Å². The summed E-state index contributed by atoms with van der Waals surface area (Å²) >= 11 is 0. The van der Waals surface area contributed by atoms with E-state index >= 15 is 0 Å². The number of carbonyl (C=O) groups is 2. The average Bonchev–Trinajstić information content (AvgIpc) is 2.67. The number of hydrogen-bond acceptors (Lipinski definition) is 5. The fourth-order valence-corrected chi connectivity index (χ4v) is 2.98. The molecule has 0 spiro atoms. The smallest absolute Gasteiger partial charge is 0.338 e. The van der Waals surface area contributed by atoms with Crippen molar-refractivity contribution in [1.82, 2.24) is 10.6 Å². The van der Waals surface area contributed by atoms with E-state index in [0.29, 0.717) is 41.4 Å². The van der Waals surface area contributed by atoms with Gasteiger partial charge in [-0.25, -0.2) is 9.59 Å². The van der Waals surface area contributed by atoms with E-state index < -0.39 is 12.0 Å². The summed E-state index contributed by atoms with van der Waals surface area (Å²) in [5.41, 5.74) is 1.64. The minimum absolute atomic E-state index is 0.109. The van der Waals surface area contributed by atoms with Gasteiger partial charge in [-0.2, -0.15) is 0 Å². The van der Waals surface area contributed by atoms with Crippen LogP contribution in [0.1, 0.15) is 45.2 Å². The maximum Gasteiger partial charge on any atom is 0.338 e. The second-order valence-corrected chi connectivity index (χ2v) is 6.03. The topological polar surface area (TPSA) is 85.9 Å². The summed E-state index contributed by atoms with van der Waals surface area (Å²) in [5, 5.41) is 5.54. The normalized spacial score (nSPS) is 15.9. The molecule has 1 atom stereocenters. The molecule has 7 nitrogen and oxygen atoms in total. The summed E-state index contributed by atoms with van der Waals surface area (Å²) < 4.78 is 16.4. The molecule has 1 heterocycles. The molecule has 0 radical (unpaired) electrons. The Kier molecular flexibility index (Phi) is 7.76. The van der Waals surface area contributed by atoms with Gasteiger partial charge in [-0.05, 0) is 38.0 Å². The summed E-state index contributed by atoms with van der Waals surface area (Å²) in [7, 11) is 0. The average molecular weight is 386 g/mol. The zero-order chi connectivity index (χ0) is 20.5. The monoisotopic (exact) mass is 386 g/mol. The van der Waals surface area contributed by atoms with Crippen LogP contribution in [0.15, 0.2) is 29.5 Å². The molecule has 1 aliphatic heterocycles. The molecule has 2 amide bonds. The van der Waals surface area contributed by atoms with Crippen LogP contribution in [0.4, 0.5) is 4.79 Å². The molecule has 2 rings (SSSR count). The Bertz CT molecular complexity index is 794. The molecular weight excluding hydrogens is 360 g/mol. The van der Waals surface area contributed by atoms with Crippen LogP contribution >= 0.6 is 0 Å². The van der Waals surface area contributed by atoms with E-state index in [4.69, 9.17) is 20.6 Å². The van der Waals surface area contributed by atoms with Crippen molar-refractivity contribution in [2.24, 2.45) is 0 Å². The highest BCUT2D eigenvalue weighted by Crippen LogP contribution is 2.35. The predicted molar refractivity (Wildman–Crippen MR) is 105 cm³/mol. The fraction of sp³-hybridized carbons (Fsp3) is 0.429. The Morgan fingerprint density at radius 2 is 1.96 bits per heavy atom. The van der Waals surface area contributed by atoms with E-state index in [1.165, 1.54) is 0 Å². The zero-order valence-corrected chi connectivity index (χ0v) is 16.5. The van der Waals surface area contributed by atoms with Crippen LogP contribution in [-0.4, -0.2) is 31.8 Å². The van der Waals surface area contributed by atoms with E-state index in [9.17, 15) is 9.59 Å². The standard InChI is InChI=1S/C21H26N2O5/c1-5-9-15-18(20(24)27-8-4)19(23-21(25)22-15)14-10-11-16(28-12-6-2)17(13-14)26-7-3/h2,10-11,13,19H,5,7-9,12H2,1,3-4H3,(H2,22,23,25)/t19-/m0/s1. The van der Waals surface area contributed by atoms with Crippen molar-refractivity contribution in [3.63, 3.8) is 0 Å². The fourth-order valence-electron chi connectivity index (χ4n) is 2.98. The second kappa shape index (κ2) is 10.3. The van der Waals surface area contributed by atoms with Gasteiger partial charge < -0.3 is 24.8 Å². The number of ether oxygens (including phenoxy) is 3. The maximum atomic E-state index is 12.6. The number of carbonyl (C=O) groups excluding carboxylic acids is 2. The van der Waals surface area contributed by atoms with Gasteiger partial charge >= 0.3 is 12.0 Å². The lowest BCUT2D eigenvalue weighted by Crippen LogP contribution is -2.46. The molecule has 0 aliphatic carbocycles. The van der Waals surface area contributed by atoms with Gasteiger partial charge in [-0.3, -0.25) is 0 Å². The first-order valence-electron chi connectivity index (χ1n) is 9.36. The van der Waals surface area contributed by atoms with Gasteiger partial charge in [0, 0.05) is 5.70 Å². The van der Waals surface area contributed by atoms with Crippen LogP contribution in [-0.2, 0) is 9.53 Å². The van der Waals surface area contributed by atoms with Crippen molar-refractivity contribution in [2.45, 2.75) is 39.7 Å². The number of urea groups is 1. The molecule has 0 bridgehead atoms. The Balaban J connectivity index is 2.50. The molecule has 1 aliphatic rings. The first-order valence-corrected chi connectivity index (χ1v) is 9.36. The molecule has 0 saturated carbocycles. The molecule has 150 valence electrons. The molecule has 7 heteroatoms. The summed E-state index contributed by atoms with van der Waals surface area (Å²) in [4.78, 5) is 24.8. The lowest BCUT2D eigenvalue weighted by Gasteiger charge is -2.29. The van der Waals surface area contributed by atoms with Crippen LogP contribution < -0.4 is 20.1 Å². The molecular formula is C21H26N2O5. The van der Waals surface area contributed by atoms with Crippen LogP contribution in [0.2, 0.25) is 0 Å². The van der Waals surface area contributed by atoms with Gasteiger partial charge in [0.2, 0.25) is 0 Å². The van der Waals surface area contributed by atoms with E-state index in [1.54, 1.807) is 25.1 Å². The van der Waals surface area contributed by atoms with Crippen molar-refractivity contribution in [3.05, 3.63) is 35.0 Å². The van der Waals surface area contributed by atoms with Crippen molar-refractivity contribution >= 4 is 12.0 Å². The Morgan fingerprint density at radius 3 is 2.61 bits per heavy atom. The Morgan fingerprint density at radius 1 is 1.18 bits per heavy atom. The van der Waals surface area contributed by atoms with E-state index in [2.05, 4.69) is 16.6 Å². The highest BCUT2D eigenvalue weighted by atomic mass is 16.5. The van der Waals surface area contributed by atoms with Gasteiger partial charge in [0.1, 0.15) is 6.61 Å². The van der Waals surface area contributed by atoms with Crippen LogP contribution in [0, 0.1) is 12.3 Å². The maximum absolute atomic E-state index is 12.6. The van der Waals surface area contributed by atoms with E-state index in [0.717, 1.165) is 6.42 Å². The minimum atomic E-state index is -0.657. The molecule has 0 saturated heterocycles.